The van der Waals surface area contributed by atoms with E-state index in [1.165, 1.54) is 12.0 Å². The minimum atomic E-state index is -0.784. The quantitative estimate of drug-likeness (QED) is 0.212. The van der Waals surface area contributed by atoms with Crippen LogP contribution in [0, 0.1) is 13.8 Å². The number of nitrogens with zero attached hydrogens (tertiary/aromatic N) is 1. The fourth-order valence-electron chi connectivity index (χ4n) is 4.29. The van der Waals surface area contributed by atoms with E-state index in [-0.39, 0.29) is 24.5 Å². The molecule has 0 spiro atoms. The van der Waals surface area contributed by atoms with Crippen molar-refractivity contribution in [3.63, 3.8) is 0 Å². The minimum Gasteiger partial charge on any atom is -0.507 e. The summed E-state index contributed by atoms with van der Waals surface area (Å²) in [4.78, 5) is 27.7. The third-order valence-electron chi connectivity index (χ3n) is 6.23. The summed E-state index contributed by atoms with van der Waals surface area (Å²) >= 11 is 0. The Morgan fingerprint density at radius 3 is 2.46 bits per heavy atom. The van der Waals surface area contributed by atoms with Crippen molar-refractivity contribution in [3.05, 3.63) is 64.2 Å². The Morgan fingerprint density at radius 1 is 1.00 bits per heavy atom. The summed E-state index contributed by atoms with van der Waals surface area (Å²) in [5.41, 5.74) is 2.97. The Kier molecular flexibility index (Phi) is 8.93. The molecule has 1 fully saturated rings. The SMILES string of the molecule is CCCCCOc1ccc(C2C(=C(O)c3cc(C)ccc3C)C(=O)C(=O)N2CCOC)cc1OC. The number of carbonyl (C=O) groups excluding carboxylic acids is 2. The van der Waals surface area contributed by atoms with Gasteiger partial charge in [-0.2, -0.15) is 0 Å². The molecule has 3 rings (SSSR count). The zero-order valence-corrected chi connectivity index (χ0v) is 21.2. The Labute approximate surface area is 207 Å². The van der Waals surface area contributed by atoms with E-state index in [4.69, 9.17) is 14.2 Å². The lowest BCUT2D eigenvalue weighted by Gasteiger charge is -2.26. The third kappa shape index (κ3) is 5.68. The van der Waals surface area contributed by atoms with Crippen molar-refractivity contribution in [2.45, 2.75) is 46.1 Å². The van der Waals surface area contributed by atoms with Crippen molar-refractivity contribution in [1.82, 2.24) is 4.90 Å². The molecule has 1 heterocycles. The van der Waals surface area contributed by atoms with Gasteiger partial charge in [0.2, 0.25) is 0 Å². The van der Waals surface area contributed by atoms with Crippen LogP contribution in [-0.2, 0) is 14.3 Å². The minimum absolute atomic E-state index is 0.0541. The predicted octanol–water partition coefficient (Wildman–Crippen LogP) is 4.95. The van der Waals surface area contributed by atoms with Gasteiger partial charge >= 0.3 is 0 Å². The first-order valence-corrected chi connectivity index (χ1v) is 12.0. The monoisotopic (exact) mass is 481 g/mol. The number of ketones is 1. The molecule has 0 aliphatic carbocycles. The fourth-order valence-corrected chi connectivity index (χ4v) is 4.29. The molecule has 2 aromatic carbocycles. The standard InChI is InChI=1S/C28H35NO6/c1-6-7-8-14-35-22-12-11-20(17-23(22)34-5)25-24(27(31)28(32)29(25)13-15-33-4)26(30)21-16-18(2)9-10-19(21)3/h9-12,16-17,25,30H,6-8,13-15H2,1-5H3. The highest BCUT2D eigenvalue weighted by Crippen LogP contribution is 2.42. The molecule has 1 atom stereocenters. The zero-order valence-electron chi connectivity index (χ0n) is 21.2. The summed E-state index contributed by atoms with van der Waals surface area (Å²) < 4.78 is 16.7. The number of Topliss-reactive ketones (excluding diaryl/α,β-unsaturated/α-hetero) is 1. The van der Waals surface area contributed by atoms with Crippen LogP contribution in [0.2, 0.25) is 0 Å². The number of aryl methyl sites for hydroxylation is 2. The second kappa shape index (κ2) is 11.9. The molecule has 188 valence electrons. The summed E-state index contributed by atoms with van der Waals surface area (Å²) in [5.74, 6) is -0.478. The van der Waals surface area contributed by atoms with Crippen LogP contribution in [0.3, 0.4) is 0 Å². The van der Waals surface area contributed by atoms with Crippen molar-refractivity contribution in [2.75, 3.05) is 34.0 Å². The lowest BCUT2D eigenvalue weighted by atomic mass is 9.93. The van der Waals surface area contributed by atoms with Gasteiger partial charge in [0, 0.05) is 19.2 Å². The molecule has 0 saturated carbocycles. The lowest BCUT2D eigenvalue weighted by Crippen LogP contribution is -2.32. The van der Waals surface area contributed by atoms with Gasteiger partial charge < -0.3 is 24.2 Å². The van der Waals surface area contributed by atoms with Gasteiger partial charge in [-0.25, -0.2) is 0 Å². The van der Waals surface area contributed by atoms with Gasteiger partial charge in [0.15, 0.2) is 11.5 Å². The molecule has 35 heavy (non-hydrogen) atoms. The highest BCUT2D eigenvalue weighted by molar-refractivity contribution is 6.46. The number of methoxy groups -OCH3 is 2. The largest absolute Gasteiger partial charge is 0.507 e. The number of benzene rings is 2. The summed E-state index contributed by atoms with van der Waals surface area (Å²) in [7, 11) is 3.09. The smallest absolute Gasteiger partial charge is 0.295 e. The van der Waals surface area contributed by atoms with Gasteiger partial charge in [0.05, 0.1) is 31.9 Å². The first-order valence-electron chi connectivity index (χ1n) is 12.0. The molecule has 1 aliphatic rings. The van der Waals surface area contributed by atoms with Gasteiger partial charge in [0.25, 0.3) is 11.7 Å². The van der Waals surface area contributed by atoms with Crippen molar-refractivity contribution >= 4 is 17.4 Å². The second-order valence-corrected chi connectivity index (χ2v) is 8.77. The molecule has 7 nitrogen and oxygen atoms in total. The molecular weight excluding hydrogens is 446 g/mol. The predicted molar refractivity (Wildman–Crippen MR) is 135 cm³/mol. The molecule has 2 aromatic rings. The Morgan fingerprint density at radius 2 is 1.77 bits per heavy atom. The van der Waals surface area contributed by atoms with Crippen LogP contribution >= 0.6 is 0 Å². The van der Waals surface area contributed by atoms with Crippen molar-refractivity contribution < 1.29 is 28.9 Å². The first-order chi connectivity index (χ1) is 16.8. The summed E-state index contributed by atoms with van der Waals surface area (Å²) in [5, 5.41) is 11.3. The number of likely N-dealkylation sites (tertiary alicyclic amines) is 1. The van der Waals surface area contributed by atoms with Crippen LogP contribution in [0.15, 0.2) is 42.0 Å². The molecule has 1 amide bonds. The van der Waals surface area contributed by atoms with E-state index in [0.29, 0.717) is 29.2 Å². The number of aliphatic hydroxyl groups is 1. The highest BCUT2D eigenvalue weighted by Gasteiger charge is 2.46. The number of rotatable bonds is 11. The number of ether oxygens (including phenoxy) is 3. The zero-order chi connectivity index (χ0) is 25.5. The van der Waals surface area contributed by atoms with E-state index >= 15 is 0 Å². The molecule has 0 bridgehead atoms. The second-order valence-electron chi connectivity index (χ2n) is 8.77. The number of aliphatic hydroxyl groups excluding tert-OH is 1. The number of amides is 1. The molecule has 1 unspecified atom stereocenters. The Bertz CT molecular complexity index is 1110. The summed E-state index contributed by atoms with van der Waals surface area (Å²) in [6, 6.07) is 10.2. The van der Waals surface area contributed by atoms with Crippen LogP contribution in [0.5, 0.6) is 11.5 Å². The van der Waals surface area contributed by atoms with E-state index in [1.807, 2.05) is 38.1 Å². The molecule has 0 radical (unpaired) electrons. The molecular formula is C28H35NO6. The molecule has 1 N–H and O–H groups in total. The van der Waals surface area contributed by atoms with Gasteiger partial charge in [-0.3, -0.25) is 9.59 Å². The van der Waals surface area contributed by atoms with E-state index in [9.17, 15) is 14.7 Å². The van der Waals surface area contributed by atoms with Gasteiger partial charge in [0.1, 0.15) is 5.76 Å². The maximum atomic E-state index is 13.2. The maximum Gasteiger partial charge on any atom is 0.295 e. The third-order valence-corrected chi connectivity index (χ3v) is 6.23. The average molecular weight is 482 g/mol. The summed E-state index contributed by atoms with van der Waals surface area (Å²) in [6.07, 6.45) is 3.11. The van der Waals surface area contributed by atoms with Gasteiger partial charge in [-0.05, 0) is 49.6 Å². The topological polar surface area (TPSA) is 85.3 Å². The average Bonchev–Trinajstić information content (AvgIpc) is 3.11. The van der Waals surface area contributed by atoms with Crippen LogP contribution < -0.4 is 9.47 Å². The molecule has 0 aromatic heterocycles. The lowest BCUT2D eigenvalue weighted by molar-refractivity contribution is -0.140. The molecule has 1 saturated heterocycles. The highest BCUT2D eigenvalue weighted by atomic mass is 16.5. The molecule has 7 heteroatoms. The Balaban J connectivity index is 2.10. The normalized spacial score (nSPS) is 17.2. The van der Waals surface area contributed by atoms with E-state index in [2.05, 4.69) is 6.92 Å². The van der Waals surface area contributed by atoms with E-state index < -0.39 is 17.7 Å². The molecule has 1 aliphatic heterocycles. The van der Waals surface area contributed by atoms with Crippen molar-refractivity contribution in [1.29, 1.82) is 0 Å². The number of carbonyl (C=O) groups is 2. The van der Waals surface area contributed by atoms with Gasteiger partial charge in [-0.1, -0.05) is 43.5 Å². The van der Waals surface area contributed by atoms with E-state index in [0.717, 1.165) is 30.4 Å². The maximum absolute atomic E-state index is 13.2. The number of hydrogen-bond donors (Lipinski definition) is 1. The number of unbranched alkanes of at least 4 members (excludes halogenated alkanes) is 2. The van der Waals surface area contributed by atoms with Gasteiger partial charge in [-0.15, -0.1) is 0 Å². The fraction of sp³-hybridized carbons (Fsp3) is 0.429. The summed E-state index contributed by atoms with van der Waals surface area (Å²) in [6.45, 7) is 6.93. The van der Waals surface area contributed by atoms with Crippen LogP contribution in [-0.4, -0.2) is 55.7 Å². The number of hydrogen-bond acceptors (Lipinski definition) is 6. The van der Waals surface area contributed by atoms with E-state index in [1.54, 1.807) is 19.2 Å². The van der Waals surface area contributed by atoms with Crippen molar-refractivity contribution in [2.24, 2.45) is 0 Å². The van der Waals surface area contributed by atoms with Crippen LogP contribution in [0.1, 0.15) is 54.5 Å². The Hall–Kier alpha value is -3.32. The van der Waals surface area contributed by atoms with Crippen LogP contribution in [0.25, 0.3) is 5.76 Å². The van der Waals surface area contributed by atoms with Crippen molar-refractivity contribution in [3.8, 4) is 11.5 Å². The van der Waals surface area contributed by atoms with Crippen LogP contribution in [0.4, 0.5) is 0 Å². The first kappa shape index (κ1) is 26.3.